The Balaban J connectivity index is 2.68. The molecule has 3 heteroatoms. The van der Waals surface area contributed by atoms with Crippen molar-refractivity contribution >= 4 is 5.91 Å². The van der Waals surface area contributed by atoms with E-state index in [0.717, 1.165) is 5.56 Å². The van der Waals surface area contributed by atoms with E-state index in [1.54, 1.807) is 0 Å². The molecule has 2 unspecified atom stereocenters. The maximum atomic E-state index is 12.0. The zero-order chi connectivity index (χ0) is 13.9. The van der Waals surface area contributed by atoms with Gasteiger partial charge in [0.2, 0.25) is 5.91 Å². The lowest BCUT2D eigenvalue weighted by molar-refractivity contribution is -0.125. The summed E-state index contributed by atoms with van der Waals surface area (Å²) in [5.41, 5.74) is 8.01. The zero-order valence-electron chi connectivity index (χ0n) is 11.9. The molecule has 3 N–H and O–H groups in total. The van der Waals surface area contributed by atoms with E-state index in [1.165, 1.54) is 5.56 Å². The Kier molecular flexibility index (Phi) is 4.52. The second kappa shape index (κ2) is 5.53. The Bertz CT molecular complexity index is 403. The quantitative estimate of drug-likeness (QED) is 0.863. The third kappa shape index (κ3) is 3.84. The number of nitrogens with two attached hydrogens (primary N) is 1. The number of carbonyl (C=O) groups is 1. The number of amides is 1. The lowest BCUT2D eigenvalue weighted by Crippen LogP contribution is -2.49. The smallest absolute Gasteiger partial charge is 0.237 e. The number of nitrogens with one attached hydrogen (secondary N) is 1. The molecule has 0 aliphatic heterocycles. The molecule has 0 aliphatic carbocycles. The Morgan fingerprint density at radius 3 is 2.17 bits per heavy atom. The number of aryl methyl sites for hydroxylation is 1. The molecule has 0 saturated heterocycles. The van der Waals surface area contributed by atoms with Crippen molar-refractivity contribution in [2.75, 3.05) is 0 Å². The highest BCUT2D eigenvalue weighted by molar-refractivity contribution is 5.82. The Hall–Kier alpha value is -1.35. The summed E-state index contributed by atoms with van der Waals surface area (Å²) in [6.07, 6.45) is 0. The van der Waals surface area contributed by atoms with Crippen LogP contribution in [0.5, 0.6) is 0 Å². The summed E-state index contributed by atoms with van der Waals surface area (Å²) in [7, 11) is 0. The lowest BCUT2D eigenvalue weighted by atomic mass is 9.86. The Morgan fingerprint density at radius 1 is 1.22 bits per heavy atom. The van der Waals surface area contributed by atoms with Crippen molar-refractivity contribution < 1.29 is 4.79 Å². The predicted octanol–water partition coefficient (Wildman–Crippen LogP) is 2.55. The van der Waals surface area contributed by atoms with Crippen molar-refractivity contribution in [2.45, 2.75) is 46.7 Å². The topological polar surface area (TPSA) is 55.1 Å². The van der Waals surface area contributed by atoms with Gasteiger partial charge in [0, 0.05) is 0 Å². The Labute approximate surface area is 110 Å². The maximum absolute atomic E-state index is 12.0. The average Bonchev–Trinajstić information content (AvgIpc) is 2.27. The highest BCUT2D eigenvalue weighted by Crippen LogP contribution is 2.19. The summed E-state index contributed by atoms with van der Waals surface area (Å²) in [6, 6.07) is 7.63. The molecule has 0 aromatic heterocycles. The molecule has 2 atom stereocenters. The summed E-state index contributed by atoms with van der Waals surface area (Å²) in [5, 5.41) is 2.96. The van der Waals surface area contributed by atoms with Crippen molar-refractivity contribution in [3.05, 3.63) is 35.4 Å². The molecular weight excluding hydrogens is 224 g/mol. The first-order valence-corrected chi connectivity index (χ1v) is 6.34. The molecule has 1 amide bonds. The second-order valence-electron chi connectivity index (χ2n) is 5.98. The van der Waals surface area contributed by atoms with E-state index in [0.29, 0.717) is 0 Å². The number of carbonyl (C=O) groups excluding carboxylic acids is 1. The number of hydrogen-bond donors (Lipinski definition) is 2. The fourth-order valence-corrected chi connectivity index (χ4v) is 1.63. The zero-order valence-corrected chi connectivity index (χ0v) is 11.9. The van der Waals surface area contributed by atoms with Crippen LogP contribution >= 0.6 is 0 Å². The molecule has 1 aromatic rings. The van der Waals surface area contributed by atoms with Crippen molar-refractivity contribution in [3.63, 3.8) is 0 Å². The lowest BCUT2D eigenvalue weighted by Gasteiger charge is -2.27. The summed E-state index contributed by atoms with van der Waals surface area (Å²) in [4.78, 5) is 12.0. The van der Waals surface area contributed by atoms with Crippen LogP contribution in [0.25, 0.3) is 0 Å². The second-order valence-corrected chi connectivity index (χ2v) is 5.98. The molecular formula is C15H24N2O. The molecule has 0 spiro atoms. The van der Waals surface area contributed by atoms with Gasteiger partial charge in [-0.3, -0.25) is 4.79 Å². The van der Waals surface area contributed by atoms with Crippen LogP contribution in [0.15, 0.2) is 24.3 Å². The van der Waals surface area contributed by atoms with Gasteiger partial charge in [-0.2, -0.15) is 0 Å². The summed E-state index contributed by atoms with van der Waals surface area (Å²) in [5.74, 6) is -0.101. The summed E-state index contributed by atoms with van der Waals surface area (Å²) >= 11 is 0. The van der Waals surface area contributed by atoms with Gasteiger partial charge in [-0.1, -0.05) is 50.6 Å². The van der Waals surface area contributed by atoms with Crippen LogP contribution < -0.4 is 11.1 Å². The van der Waals surface area contributed by atoms with E-state index in [4.69, 9.17) is 5.73 Å². The van der Waals surface area contributed by atoms with Gasteiger partial charge in [0.25, 0.3) is 0 Å². The van der Waals surface area contributed by atoms with Crippen LogP contribution in [0.1, 0.15) is 44.9 Å². The van der Waals surface area contributed by atoms with Gasteiger partial charge >= 0.3 is 0 Å². The standard InChI is InChI=1S/C15H24N2O/c1-10-6-8-12(9-7-10)11(2)17-14(18)13(16)15(3,4)5/h6-9,11,13H,16H2,1-5H3,(H,17,18). The first-order chi connectivity index (χ1) is 8.21. The van der Waals surface area contributed by atoms with E-state index in [1.807, 2.05) is 58.9 Å². The third-order valence-electron chi connectivity index (χ3n) is 3.15. The van der Waals surface area contributed by atoms with Gasteiger partial charge < -0.3 is 11.1 Å². The predicted molar refractivity (Wildman–Crippen MR) is 75.2 cm³/mol. The van der Waals surface area contributed by atoms with E-state index in [9.17, 15) is 4.79 Å². The number of hydrogen-bond acceptors (Lipinski definition) is 2. The highest BCUT2D eigenvalue weighted by Gasteiger charge is 2.28. The van der Waals surface area contributed by atoms with E-state index < -0.39 is 6.04 Å². The molecule has 100 valence electrons. The minimum Gasteiger partial charge on any atom is -0.348 e. The maximum Gasteiger partial charge on any atom is 0.237 e. The van der Waals surface area contributed by atoms with Crippen LogP contribution in [-0.4, -0.2) is 11.9 Å². The molecule has 3 nitrogen and oxygen atoms in total. The molecule has 0 aliphatic rings. The van der Waals surface area contributed by atoms with E-state index in [-0.39, 0.29) is 17.4 Å². The highest BCUT2D eigenvalue weighted by atomic mass is 16.2. The monoisotopic (exact) mass is 248 g/mol. The molecule has 1 rings (SSSR count). The molecule has 1 aromatic carbocycles. The molecule has 0 radical (unpaired) electrons. The van der Waals surface area contributed by atoms with Crippen molar-refractivity contribution in [2.24, 2.45) is 11.1 Å². The fourth-order valence-electron chi connectivity index (χ4n) is 1.63. The first kappa shape index (κ1) is 14.7. The van der Waals surface area contributed by atoms with Gasteiger partial charge in [-0.15, -0.1) is 0 Å². The van der Waals surface area contributed by atoms with E-state index in [2.05, 4.69) is 5.32 Å². The first-order valence-electron chi connectivity index (χ1n) is 6.34. The minimum atomic E-state index is -0.495. The van der Waals surface area contributed by atoms with Gasteiger partial charge in [0.1, 0.15) is 0 Å². The van der Waals surface area contributed by atoms with Gasteiger partial charge in [-0.25, -0.2) is 0 Å². The summed E-state index contributed by atoms with van der Waals surface area (Å²) < 4.78 is 0. The third-order valence-corrected chi connectivity index (χ3v) is 3.15. The van der Waals surface area contributed by atoms with E-state index >= 15 is 0 Å². The minimum absolute atomic E-state index is 0.0218. The number of benzene rings is 1. The number of rotatable bonds is 3. The van der Waals surface area contributed by atoms with Crippen LogP contribution in [0.3, 0.4) is 0 Å². The summed E-state index contributed by atoms with van der Waals surface area (Å²) in [6.45, 7) is 9.91. The van der Waals surface area contributed by atoms with Gasteiger partial charge in [0.15, 0.2) is 0 Å². The van der Waals surface area contributed by atoms with Crippen molar-refractivity contribution in [1.82, 2.24) is 5.32 Å². The fraction of sp³-hybridized carbons (Fsp3) is 0.533. The van der Waals surface area contributed by atoms with Crippen LogP contribution in [0, 0.1) is 12.3 Å². The van der Waals surface area contributed by atoms with Crippen LogP contribution in [0.4, 0.5) is 0 Å². The van der Waals surface area contributed by atoms with Gasteiger partial charge in [-0.05, 0) is 24.8 Å². The molecule has 18 heavy (non-hydrogen) atoms. The molecule has 0 saturated carbocycles. The molecule has 0 bridgehead atoms. The Morgan fingerprint density at radius 2 is 1.72 bits per heavy atom. The van der Waals surface area contributed by atoms with Crippen LogP contribution in [-0.2, 0) is 4.79 Å². The largest absolute Gasteiger partial charge is 0.348 e. The van der Waals surface area contributed by atoms with Crippen molar-refractivity contribution in [3.8, 4) is 0 Å². The van der Waals surface area contributed by atoms with Crippen LogP contribution in [0.2, 0.25) is 0 Å². The van der Waals surface area contributed by atoms with Gasteiger partial charge in [0.05, 0.1) is 12.1 Å². The molecule has 0 fully saturated rings. The van der Waals surface area contributed by atoms with Crippen molar-refractivity contribution in [1.29, 1.82) is 0 Å². The molecule has 0 heterocycles. The SMILES string of the molecule is Cc1ccc(C(C)NC(=O)C(N)C(C)(C)C)cc1. The normalized spacial score (nSPS) is 15.0. The average molecular weight is 248 g/mol.